The Kier molecular flexibility index (Phi) is 12.2. The van der Waals surface area contributed by atoms with Crippen molar-refractivity contribution in [3.63, 3.8) is 0 Å². The molecule has 3 heterocycles. The molecule has 0 aromatic heterocycles. The molecule has 3 saturated carbocycles. The topological polar surface area (TPSA) is 229 Å². The van der Waals surface area contributed by atoms with Gasteiger partial charge in [0, 0.05) is 39.2 Å². The maximum atomic E-state index is 13.0. The van der Waals surface area contributed by atoms with Crippen molar-refractivity contribution >= 4 is 11.8 Å². The number of hydrogen-bond acceptors (Lipinski definition) is 16. The molecule has 58 heavy (non-hydrogen) atoms. The number of Topliss-reactive ketones (excluding diaryl/α,β-unsaturated/α-hetero) is 1. The van der Waals surface area contributed by atoms with Crippen LogP contribution in [0, 0.1) is 16.7 Å². The van der Waals surface area contributed by atoms with Gasteiger partial charge in [-0.3, -0.25) is 9.59 Å². The molecule has 6 N–H and O–H groups in total. The number of fused-ring (bicyclic) bond motifs is 5. The van der Waals surface area contributed by atoms with E-state index in [1.54, 1.807) is 27.7 Å². The molecular formula is C42H66O16. The molecule has 0 bridgehead atoms. The summed E-state index contributed by atoms with van der Waals surface area (Å²) in [6.45, 7) is 11.5. The Bertz CT molecular complexity index is 1550. The largest absolute Gasteiger partial charge is 0.462 e. The van der Waals surface area contributed by atoms with Gasteiger partial charge in [0.1, 0.15) is 41.2 Å². The van der Waals surface area contributed by atoms with Gasteiger partial charge < -0.3 is 68.5 Å². The summed E-state index contributed by atoms with van der Waals surface area (Å²) in [6, 6.07) is 0. The molecule has 4 aliphatic carbocycles. The van der Waals surface area contributed by atoms with Crippen LogP contribution in [-0.2, 0) is 47.5 Å². The van der Waals surface area contributed by atoms with Gasteiger partial charge in [-0.15, -0.1) is 0 Å². The van der Waals surface area contributed by atoms with E-state index in [0.717, 1.165) is 5.57 Å². The van der Waals surface area contributed by atoms with Crippen LogP contribution in [0.15, 0.2) is 11.6 Å². The first-order valence-electron chi connectivity index (χ1n) is 21.2. The second-order valence-corrected chi connectivity index (χ2v) is 18.8. The number of methoxy groups -OCH3 is 1. The molecule has 330 valence electrons. The Morgan fingerprint density at radius 1 is 0.776 bits per heavy atom. The van der Waals surface area contributed by atoms with E-state index < -0.39 is 125 Å². The number of hydrogen-bond donors (Lipinski definition) is 6. The van der Waals surface area contributed by atoms with Gasteiger partial charge in [-0.2, -0.15) is 0 Å². The fourth-order valence-electron chi connectivity index (χ4n) is 12.2. The highest BCUT2D eigenvalue weighted by molar-refractivity contribution is 5.87. The first-order valence-corrected chi connectivity index (χ1v) is 21.2. The summed E-state index contributed by atoms with van der Waals surface area (Å²) in [5, 5.41) is 69.7. The third-order valence-corrected chi connectivity index (χ3v) is 15.6. The van der Waals surface area contributed by atoms with Gasteiger partial charge in [0.05, 0.1) is 48.1 Å². The maximum absolute atomic E-state index is 13.0. The Labute approximate surface area is 340 Å². The van der Waals surface area contributed by atoms with Gasteiger partial charge in [0.15, 0.2) is 24.7 Å². The van der Waals surface area contributed by atoms with Crippen LogP contribution in [0.1, 0.15) is 113 Å². The molecule has 3 saturated heterocycles. The van der Waals surface area contributed by atoms with Crippen LogP contribution in [-0.4, -0.2) is 152 Å². The van der Waals surface area contributed by atoms with E-state index in [9.17, 15) is 40.2 Å². The van der Waals surface area contributed by atoms with Gasteiger partial charge in [-0.25, -0.2) is 0 Å². The van der Waals surface area contributed by atoms with E-state index in [1.807, 2.05) is 6.08 Å². The molecule has 0 amide bonds. The molecule has 7 rings (SSSR count). The van der Waals surface area contributed by atoms with Crippen LogP contribution in [0.5, 0.6) is 0 Å². The summed E-state index contributed by atoms with van der Waals surface area (Å²) >= 11 is 0. The Morgan fingerprint density at radius 3 is 1.90 bits per heavy atom. The molecule has 20 atom stereocenters. The minimum Gasteiger partial charge on any atom is -0.462 e. The van der Waals surface area contributed by atoms with Crippen molar-refractivity contribution in [2.24, 2.45) is 16.7 Å². The van der Waals surface area contributed by atoms with Crippen molar-refractivity contribution in [2.45, 2.75) is 215 Å². The van der Waals surface area contributed by atoms with Gasteiger partial charge in [-0.1, -0.05) is 18.6 Å². The average molecular weight is 827 g/mol. The van der Waals surface area contributed by atoms with E-state index in [1.165, 1.54) is 21.0 Å². The number of esters is 1. The average Bonchev–Trinajstić information content (AvgIpc) is 3.38. The van der Waals surface area contributed by atoms with Crippen LogP contribution in [0.2, 0.25) is 0 Å². The van der Waals surface area contributed by atoms with E-state index in [2.05, 4.69) is 6.92 Å². The molecule has 6 fully saturated rings. The molecule has 16 heteroatoms. The fraction of sp³-hybridized carbons (Fsp3) is 0.905. The molecule has 0 unspecified atom stereocenters. The van der Waals surface area contributed by atoms with Gasteiger partial charge in [-0.05, 0) is 85.0 Å². The predicted molar refractivity (Wildman–Crippen MR) is 201 cm³/mol. The van der Waals surface area contributed by atoms with Gasteiger partial charge in [0.2, 0.25) is 0 Å². The molecule has 0 spiro atoms. The highest BCUT2D eigenvalue weighted by Gasteiger charge is 2.81. The summed E-state index contributed by atoms with van der Waals surface area (Å²) in [5.74, 6) is -1.68. The number of aliphatic hydroxyl groups is 6. The zero-order valence-electron chi connectivity index (χ0n) is 35.1. The summed E-state index contributed by atoms with van der Waals surface area (Å²) in [5.41, 5.74) is -6.81. The predicted octanol–water partition coefficient (Wildman–Crippen LogP) is 1.70. The lowest BCUT2D eigenvalue weighted by Crippen LogP contribution is -2.78. The van der Waals surface area contributed by atoms with Crippen LogP contribution in [0.25, 0.3) is 0 Å². The van der Waals surface area contributed by atoms with Crippen LogP contribution < -0.4 is 0 Å². The molecule has 0 aromatic rings. The zero-order valence-corrected chi connectivity index (χ0v) is 35.1. The molecular weight excluding hydrogens is 760 g/mol. The smallest absolute Gasteiger partial charge is 0.302 e. The third-order valence-electron chi connectivity index (χ3n) is 15.6. The number of carbonyl (C=O) groups is 2. The van der Waals surface area contributed by atoms with Crippen LogP contribution in [0.4, 0.5) is 0 Å². The standard InChI is InChI=1S/C42H66O16/c1-20-35(47)29(51-8)18-34(52-20)58-37-22(3)54-33(17-28(37)46)57-36-21(2)53-32(16-27(36)45)56-26-10-11-38(6)25(15-26)9-12-41(49)30(38)19-31(55-24(5)44)39(7)40(48,23(4)43)13-14-42(39,41)50/h9,20-22,26-37,45-50H,10-19H2,1-8H3/t20-,21+,22+,26-,27-,28-,29+,30+,31+,32-,33-,34-,35-,36+,37+,38-,39+,40+,41-,42+/m0/s1. The molecule has 0 radical (unpaired) electrons. The van der Waals surface area contributed by atoms with Crippen LogP contribution in [0.3, 0.4) is 0 Å². The Balaban J connectivity index is 0.966. The lowest BCUT2D eigenvalue weighted by Gasteiger charge is -2.67. The minimum atomic E-state index is -1.99. The SMILES string of the molecule is CO[C@@H]1C[C@H](O[C@H]2[C@@H](O)C[C@H](O[C@H]3[C@@H](O)C[C@H](O[C@H]4CC[C@@]5(C)C(=CC[C@]6(O)[C@@H]5C[C@@H](OC(C)=O)[C@@]5(C)[C@]6(O)CC[C@@]5(O)C(C)=O)C4)O[C@@H]3C)O[C@@H]2C)O[C@@H](C)[C@@H]1O. The van der Waals surface area contributed by atoms with E-state index >= 15 is 0 Å². The first kappa shape index (κ1) is 44.4. The summed E-state index contributed by atoms with van der Waals surface area (Å²) in [7, 11) is 1.52. The van der Waals surface area contributed by atoms with Crippen molar-refractivity contribution < 1.29 is 78.1 Å². The number of rotatable bonds is 9. The highest BCUT2D eigenvalue weighted by Crippen LogP contribution is 2.71. The van der Waals surface area contributed by atoms with Crippen molar-refractivity contribution in [1.29, 1.82) is 0 Å². The second-order valence-electron chi connectivity index (χ2n) is 18.8. The number of ether oxygens (including phenoxy) is 8. The minimum absolute atomic E-state index is 0.0294. The van der Waals surface area contributed by atoms with Gasteiger partial charge in [0.25, 0.3) is 0 Å². The van der Waals surface area contributed by atoms with E-state index in [0.29, 0.717) is 25.7 Å². The Morgan fingerprint density at radius 2 is 1.34 bits per heavy atom. The molecule has 3 aliphatic heterocycles. The summed E-state index contributed by atoms with van der Waals surface area (Å²) in [4.78, 5) is 25.4. The highest BCUT2D eigenvalue weighted by atomic mass is 16.7. The zero-order chi connectivity index (χ0) is 42.3. The van der Waals surface area contributed by atoms with Crippen molar-refractivity contribution in [2.75, 3.05) is 7.11 Å². The molecule has 16 nitrogen and oxygen atoms in total. The first-order chi connectivity index (χ1) is 27.1. The number of ketones is 1. The van der Waals surface area contributed by atoms with E-state index in [-0.39, 0.29) is 44.6 Å². The quantitative estimate of drug-likeness (QED) is 0.144. The molecule has 0 aromatic carbocycles. The lowest BCUT2D eigenvalue weighted by molar-refractivity contribution is -0.336. The van der Waals surface area contributed by atoms with Crippen LogP contribution >= 0.6 is 0 Å². The van der Waals surface area contributed by atoms with Crippen molar-refractivity contribution in [3.8, 4) is 0 Å². The Hall–Kier alpha value is -1.64. The van der Waals surface area contributed by atoms with Gasteiger partial charge >= 0.3 is 5.97 Å². The second kappa shape index (κ2) is 15.9. The summed E-state index contributed by atoms with van der Waals surface area (Å²) < 4.78 is 48.2. The van der Waals surface area contributed by atoms with Crippen molar-refractivity contribution in [1.82, 2.24) is 0 Å². The lowest BCUT2D eigenvalue weighted by atomic mass is 9.42. The van der Waals surface area contributed by atoms with Crippen molar-refractivity contribution in [3.05, 3.63) is 11.6 Å². The monoisotopic (exact) mass is 826 g/mol. The normalized spacial score (nSPS) is 53.1. The third kappa shape index (κ3) is 7.03. The summed E-state index contributed by atoms with van der Waals surface area (Å²) in [6.07, 6.45) is -5.55. The number of carbonyl (C=O) groups excluding carboxylic acids is 2. The fourth-order valence-corrected chi connectivity index (χ4v) is 12.2. The number of aliphatic hydroxyl groups excluding tert-OH is 3. The maximum Gasteiger partial charge on any atom is 0.302 e. The molecule has 7 aliphatic rings. The van der Waals surface area contributed by atoms with E-state index in [4.69, 9.17) is 37.9 Å².